The van der Waals surface area contributed by atoms with Crippen molar-refractivity contribution >= 4 is 16.9 Å². The van der Waals surface area contributed by atoms with Crippen LogP contribution < -0.4 is 0 Å². The first kappa shape index (κ1) is 16.8. The average Bonchev–Trinajstić information content (AvgIpc) is 3.11. The number of hydrogen-bond acceptors (Lipinski definition) is 3. The number of likely N-dealkylation sites (tertiary alicyclic amines) is 1. The number of nitrogens with zero attached hydrogens (tertiary/aromatic N) is 3. The summed E-state index contributed by atoms with van der Waals surface area (Å²) in [5.74, 6) is 0.775. The molecule has 26 heavy (non-hydrogen) atoms. The molecule has 1 aliphatic heterocycles. The Hall–Kier alpha value is -2.66. The summed E-state index contributed by atoms with van der Waals surface area (Å²) in [5, 5.41) is 10.1. The molecule has 3 aromatic rings. The first-order valence-corrected chi connectivity index (χ1v) is 9.12. The molecule has 1 amide bonds. The second-order valence-corrected chi connectivity index (χ2v) is 7.12. The summed E-state index contributed by atoms with van der Waals surface area (Å²) in [5.41, 5.74) is 3.33. The molecule has 0 bridgehead atoms. The number of aromatic nitrogens is 2. The van der Waals surface area contributed by atoms with Crippen LogP contribution in [-0.2, 0) is 6.61 Å². The molecule has 1 N–H and O–H groups in total. The van der Waals surface area contributed by atoms with Gasteiger partial charge in [-0.25, -0.2) is 4.98 Å². The van der Waals surface area contributed by atoms with Crippen LogP contribution in [0.3, 0.4) is 0 Å². The highest BCUT2D eigenvalue weighted by atomic mass is 16.3. The molecule has 5 nitrogen and oxygen atoms in total. The number of carbonyl (C=O) groups is 1. The maximum absolute atomic E-state index is 12.8. The van der Waals surface area contributed by atoms with Crippen molar-refractivity contribution < 1.29 is 9.90 Å². The van der Waals surface area contributed by atoms with Crippen molar-refractivity contribution in [2.45, 2.75) is 26.4 Å². The number of pyridine rings is 1. The Kier molecular flexibility index (Phi) is 4.47. The Morgan fingerprint density at radius 2 is 1.92 bits per heavy atom. The number of benzene rings is 1. The van der Waals surface area contributed by atoms with Crippen molar-refractivity contribution in [3.63, 3.8) is 0 Å². The summed E-state index contributed by atoms with van der Waals surface area (Å²) in [7, 11) is 0. The molecule has 1 aromatic carbocycles. The quantitative estimate of drug-likeness (QED) is 0.788. The maximum atomic E-state index is 12.8. The zero-order chi connectivity index (χ0) is 18.1. The van der Waals surface area contributed by atoms with Gasteiger partial charge >= 0.3 is 0 Å². The van der Waals surface area contributed by atoms with Crippen LogP contribution in [0.15, 0.2) is 48.8 Å². The maximum Gasteiger partial charge on any atom is 0.255 e. The van der Waals surface area contributed by atoms with Crippen LogP contribution in [0.1, 0.15) is 35.7 Å². The average molecular weight is 349 g/mol. The number of aliphatic hydroxyl groups is 1. The van der Waals surface area contributed by atoms with Crippen LogP contribution in [0.4, 0.5) is 0 Å². The number of carbonyl (C=O) groups excluding carboxylic acids is 1. The molecule has 0 aliphatic carbocycles. The summed E-state index contributed by atoms with van der Waals surface area (Å²) in [4.78, 5) is 19.2. The fourth-order valence-corrected chi connectivity index (χ4v) is 3.51. The van der Waals surface area contributed by atoms with E-state index in [1.165, 1.54) is 0 Å². The third-order valence-corrected chi connectivity index (χ3v) is 5.24. The van der Waals surface area contributed by atoms with Gasteiger partial charge in [0, 0.05) is 36.6 Å². The van der Waals surface area contributed by atoms with E-state index in [1.807, 2.05) is 52.1 Å². The van der Waals surface area contributed by atoms with E-state index in [4.69, 9.17) is 0 Å². The van der Waals surface area contributed by atoms with Crippen molar-refractivity contribution in [3.8, 4) is 5.69 Å². The predicted molar refractivity (Wildman–Crippen MR) is 101 cm³/mol. The summed E-state index contributed by atoms with van der Waals surface area (Å²) < 4.78 is 1.99. The smallest absolute Gasteiger partial charge is 0.255 e. The van der Waals surface area contributed by atoms with Crippen molar-refractivity contribution in [1.29, 1.82) is 0 Å². The van der Waals surface area contributed by atoms with Gasteiger partial charge in [-0.05, 0) is 48.6 Å². The second-order valence-electron chi connectivity index (χ2n) is 7.12. The van der Waals surface area contributed by atoms with Crippen molar-refractivity contribution in [1.82, 2.24) is 14.5 Å². The zero-order valence-corrected chi connectivity index (χ0v) is 14.9. The van der Waals surface area contributed by atoms with E-state index >= 15 is 0 Å². The molecule has 0 spiro atoms. The van der Waals surface area contributed by atoms with Crippen molar-refractivity contribution in [3.05, 3.63) is 59.9 Å². The fraction of sp³-hybridized carbons (Fsp3) is 0.333. The Morgan fingerprint density at radius 1 is 1.19 bits per heavy atom. The van der Waals surface area contributed by atoms with E-state index < -0.39 is 0 Å². The minimum atomic E-state index is 0.0334. The van der Waals surface area contributed by atoms with Gasteiger partial charge in [0.05, 0.1) is 12.2 Å². The Labute approximate surface area is 152 Å². The molecule has 134 valence electrons. The first-order chi connectivity index (χ1) is 12.7. The standard InChI is InChI=1S/C21H23N3O2/c1-15-6-9-23(10-7-15)21(26)18-12-17-8-11-24(20(17)22-13-18)19-4-2-16(14-25)3-5-19/h2-5,8,11-13,15,25H,6-7,9-10,14H2,1H3. The molecule has 5 heteroatoms. The Morgan fingerprint density at radius 3 is 2.62 bits per heavy atom. The molecule has 0 radical (unpaired) electrons. The van der Waals surface area contributed by atoms with Gasteiger partial charge in [-0.2, -0.15) is 0 Å². The predicted octanol–water partition coefficient (Wildman–Crippen LogP) is 3.39. The molecule has 0 atom stereocenters. The second kappa shape index (κ2) is 6.92. The topological polar surface area (TPSA) is 58.4 Å². The molecule has 1 aliphatic rings. The van der Waals surface area contributed by atoms with Crippen LogP contribution in [0, 0.1) is 5.92 Å². The Balaban J connectivity index is 1.61. The molecule has 0 saturated carbocycles. The van der Waals surface area contributed by atoms with Gasteiger partial charge in [0.15, 0.2) is 0 Å². The van der Waals surface area contributed by atoms with Crippen LogP contribution >= 0.6 is 0 Å². The Bertz CT molecular complexity index is 922. The lowest BCUT2D eigenvalue weighted by Gasteiger charge is -2.30. The molecule has 3 heterocycles. The van der Waals surface area contributed by atoms with E-state index in [9.17, 15) is 9.90 Å². The molecular weight excluding hydrogens is 326 g/mol. The van der Waals surface area contributed by atoms with E-state index in [1.54, 1.807) is 6.20 Å². The van der Waals surface area contributed by atoms with Crippen molar-refractivity contribution in [2.75, 3.05) is 13.1 Å². The SMILES string of the molecule is CC1CCN(C(=O)c2cnc3c(ccn3-c3ccc(CO)cc3)c2)CC1. The number of amides is 1. The molecular formula is C21H23N3O2. The molecule has 2 aromatic heterocycles. The fourth-order valence-electron chi connectivity index (χ4n) is 3.51. The monoisotopic (exact) mass is 349 g/mol. The molecule has 4 rings (SSSR count). The normalized spacial score (nSPS) is 15.5. The van der Waals surface area contributed by atoms with Gasteiger partial charge in [-0.1, -0.05) is 19.1 Å². The third kappa shape index (κ3) is 3.10. The summed E-state index contributed by atoms with van der Waals surface area (Å²) in [6.07, 6.45) is 5.78. The van der Waals surface area contributed by atoms with Gasteiger partial charge < -0.3 is 14.6 Å². The van der Waals surface area contributed by atoms with Gasteiger partial charge in [0.2, 0.25) is 0 Å². The summed E-state index contributed by atoms with van der Waals surface area (Å²) in [6, 6.07) is 11.6. The van der Waals surface area contributed by atoms with Crippen LogP contribution in [0.2, 0.25) is 0 Å². The van der Waals surface area contributed by atoms with E-state index in [0.29, 0.717) is 11.5 Å². The number of rotatable bonds is 3. The van der Waals surface area contributed by atoms with Crippen LogP contribution in [-0.4, -0.2) is 38.6 Å². The lowest BCUT2D eigenvalue weighted by Crippen LogP contribution is -2.37. The highest BCUT2D eigenvalue weighted by molar-refractivity contribution is 5.97. The third-order valence-electron chi connectivity index (χ3n) is 5.24. The number of hydrogen-bond donors (Lipinski definition) is 1. The van der Waals surface area contributed by atoms with Crippen LogP contribution in [0.25, 0.3) is 16.7 Å². The molecule has 1 fully saturated rings. The number of fused-ring (bicyclic) bond motifs is 1. The summed E-state index contributed by atoms with van der Waals surface area (Å²) in [6.45, 7) is 3.93. The number of piperidine rings is 1. The van der Waals surface area contributed by atoms with Gasteiger partial charge in [0.25, 0.3) is 5.91 Å². The van der Waals surface area contributed by atoms with Crippen LogP contribution in [0.5, 0.6) is 0 Å². The minimum absolute atomic E-state index is 0.0334. The zero-order valence-electron chi connectivity index (χ0n) is 14.9. The summed E-state index contributed by atoms with van der Waals surface area (Å²) >= 11 is 0. The molecule has 1 saturated heterocycles. The first-order valence-electron chi connectivity index (χ1n) is 9.12. The number of aliphatic hydroxyl groups excluding tert-OH is 1. The minimum Gasteiger partial charge on any atom is -0.392 e. The highest BCUT2D eigenvalue weighted by Crippen LogP contribution is 2.22. The van der Waals surface area contributed by atoms with E-state index in [-0.39, 0.29) is 12.5 Å². The van der Waals surface area contributed by atoms with E-state index in [2.05, 4.69) is 11.9 Å². The van der Waals surface area contributed by atoms with Gasteiger partial charge in [-0.3, -0.25) is 4.79 Å². The molecule has 0 unspecified atom stereocenters. The lowest BCUT2D eigenvalue weighted by molar-refractivity contribution is 0.0697. The lowest BCUT2D eigenvalue weighted by atomic mass is 9.99. The van der Waals surface area contributed by atoms with Gasteiger partial charge in [0.1, 0.15) is 5.65 Å². The highest BCUT2D eigenvalue weighted by Gasteiger charge is 2.22. The largest absolute Gasteiger partial charge is 0.392 e. The van der Waals surface area contributed by atoms with E-state index in [0.717, 1.165) is 48.2 Å². The van der Waals surface area contributed by atoms with Crippen molar-refractivity contribution in [2.24, 2.45) is 5.92 Å². The van der Waals surface area contributed by atoms with Gasteiger partial charge in [-0.15, -0.1) is 0 Å².